The number of benzene rings is 4. The van der Waals surface area contributed by atoms with Gasteiger partial charge < -0.3 is 30.3 Å². The predicted molar refractivity (Wildman–Crippen MR) is 146 cm³/mol. The van der Waals surface area contributed by atoms with Crippen LogP contribution >= 0.6 is 34.8 Å². The molecule has 0 aliphatic heterocycles. The summed E-state index contributed by atoms with van der Waals surface area (Å²) in [6, 6.07) is 5.93. The first kappa shape index (κ1) is 26.1. The SMILES string of the molecule is COc1cc2c(c(O)c1Cl)C(=O)c1c(cc3cc(O)cc(-c4c(C)c(Cl)c(O)c(Cl)c4O)c3c1O)C2(C)C. The summed E-state index contributed by atoms with van der Waals surface area (Å²) in [5.41, 5.74) is 0.198. The van der Waals surface area contributed by atoms with Crippen LogP contribution in [0.15, 0.2) is 24.3 Å². The second-order valence-corrected chi connectivity index (χ2v) is 10.8. The molecule has 38 heavy (non-hydrogen) atoms. The van der Waals surface area contributed by atoms with Gasteiger partial charge in [-0.15, -0.1) is 0 Å². The second-order valence-electron chi connectivity index (χ2n) is 9.68. The van der Waals surface area contributed by atoms with Crippen LogP contribution in [0.1, 0.15) is 46.5 Å². The maximum absolute atomic E-state index is 13.8. The first-order chi connectivity index (χ1) is 17.7. The van der Waals surface area contributed by atoms with Crippen LogP contribution < -0.4 is 4.74 Å². The predicted octanol–water partition coefficient (Wildman–Crippen LogP) is 7.18. The fraction of sp³-hybridized carbons (Fsp3) is 0.179. The Hall–Kier alpha value is -3.52. The first-order valence-electron chi connectivity index (χ1n) is 11.3. The van der Waals surface area contributed by atoms with E-state index in [-0.39, 0.29) is 54.7 Å². The van der Waals surface area contributed by atoms with Gasteiger partial charge in [-0.1, -0.05) is 48.7 Å². The lowest BCUT2D eigenvalue weighted by molar-refractivity contribution is 0.102. The minimum absolute atomic E-state index is 0.0486. The van der Waals surface area contributed by atoms with E-state index < -0.39 is 39.2 Å². The molecule has 0 radical (unpaired) electrons. The zero-order chi connectivity index (χ0) is 28.0. The zero-order valence-corrected chi connectivity index (χ0v) is 22.8. The first-order valence-corrected chi connectivity index (χ1v) is 12.4. The molecule has 7 nitrogen and oxygen atoms in total. The molecule has 0 aromatic heterocycles. The van der Waals surface area contributed by atoms with E-state index in [9.17, 15) is 30.3 Å². The molecule has 5 N–H and O–H groups in total. The van der Waals surface area contributed by atoms with Gasteiger partial charge in [0.15, 0.2) is 5.75 Å². The highest BCUT2D eigenvalue weighted by Crippen LogP contribution is 2.55. The molecule has 4 aromatic carbocycles. The van der Waals surface area contributed by atoms with Crippen LogP contribution in [-0.2, 0) is 5.41 Å². The van der Waals surface area contributed by atoms with Gasteiger partial charge in [0.2, 0.25) is 5.78 Å². The van der Waals surface area contributed by atoms with Crippen molar-refractivity contribution in [3.8, 4) is 45.6 Å². The Labute approximate surface area is 232 Å². The number of halogens is 3. The monoisotopic (exact) mass is 574 g/mol. The summed E-state index contributed by atoms with van der Waals surface area (Å²) in [6.07, 6.45) is 0. The van der Waals surface area contributed by atoms with Crippen molar-refractivity contribution in [2.45, 2.75) is 26.2 Å². The zero-order valence-electron chi connectivity index (χ0n) is 20.5. The van der Waals surface area contributed by atoms with Crippen molar-refractivity contribution in [3.05, 3.63) is 67.2 Å². The number of hydrogen-bond donors (Lipinski definition) is 5. The Morgan fingerprint density at radius 1 is 0.737 bits per heavy atom. The minimum Gasteiger partial charge on any atom is -0.508 e. The van der Waals surface area contributed by atoms with E-state index in [0.717, 1.165) is 0 Å². The van der Waals surface area contributed by atoms with Crippen molar-refractivity contribution in [3.63, 3.8) is 0 Å². The number of carbonyl (C=O) groups is 1. The van der Waals surface area contributed by atoms with Gasteiger partial charge in [0.05, 0.1) is 23.3 Å². The number of aromatic hydroxyl groups is 5. The lowest BCUT2D eigenvalue weighted by atomic mass is 9.67. The summed E-state index contributed by atoms with van der Waals surface area (Å²) in [4.78, 5) is 13.8. The Bertz CT molecular complexity index is 1710. The molecular formula is C28H21Cl3O7. The van der Waals surface area contributed by atoms with Gasteiger partial charge in [-0.2, -0.15) is 0 Å². The Morgan fingerprint density at radius 3 is 1.95 bits per heavy atom. The third-order valence-electron chi connectivity index (χ3n) is 7.26. The van der Waals surface area contributed by atoms with Crippen LogP contribution in [-0.4, -0.2) is 38.4 Å². The average Bonchev–Trinajstić information content (AvgIpc) is 2.86. The van der Waals surface area contributed by atoms with Gasteiger partial charge >= 0.3 is 0 Å². The second kappa shape index (κ2) is 8.50. The molecule has 0 spiro atoms. The normalized spacial score (nSPS) is 13.9. The quantitative estimate of drug-likeness (QED) is 0.171. The van der Waals surface area contributed by atoms with E-state index in [1.807, 2.05) is 13.8 Å². The summed E-state index contributed by atoms with van der Waals surface area (Å²) in [6.45, 7) is 5.15. The lowest BCUT2D eigenvalue weighted by Gasteiger charge is -2.36. The van der Waals surface area contributed by atoms with E-state index in [1.165, 1.54) is 26.2 Å². The summed E-state index contributed by atoms with van der Waals surface area (Å²) in [5, 5.41) is 54.0. The largest absolute Gasteiger partial charge is 0.508 e. The van der Waals surface area contributed by atoms with Gasteiger partial charge in [0, 0.05) is 21.9 Å². The third-order valence-corrected chi connectivity index (χ3v) is 8.44. The van der Waals surface area contributed by atoms with Crippen LogP contribution in [0.5, 0.6) is 34.5 Å². The number of methoxy groups -OCH3 is 1. The molecule has 0 unspecified atom stereocenters. The molecule has 0 atom stereocenters. The van der Waals surface area contributed by atoms with Gasteiger partial charge in [-0.25, -0.2) is 0 Å². The van der Waals surface area contributed by atoms with Crippen molar-refractivity contribution >= 4 is 51.4 Å². The van der Waals surface area contributed by atoms with Crippen LogP contribution in [0.4, 0.5) is 0 Å². The van der Waals surface area contributed by atoms with Crippen molar-refractivity contribution in [2.24, 2.45) is 0 Å². The number of hydrogen-bond acceptors (Lipinski definition) is 7. The van der Waals surface area contributed by atoms with Crippen molar-refractivity contribution in [1.82, 2.24) is 0 Å². The van der Waals surface area contributed by atoms with E-state index >= 15 is 0 Å². The Balaban J connectivity index is 1.94. The van der Waals surface area contributed by atoms with Crippen molar-refractivity contribution in [2.75, 3.05) is 7.11 Å². The van der Waals surface area contributed by atoms with Gasteiger partial charge in [-0.3, -0.25) is 4.79 Å². The number of carbonyl (C=O) groups excluding carboxylic acids is 1. The van der Waals surface area contributed by atoms with E-state index in [1.54, 1.807) is 12.1 Å². The highest BCUT2D eigenvalue weighted by atomic mass is 35.5. The molecule has 0 amide bonds. The molecule has 1 aliphatic rings. The molecule has 10 heteroatoms. The van der Waals surface area contributed by atoms with Crippen molar-refractivity contribution < 1.29 is 35.1 Å². The van der Waals surface area contributed by atoms with Crippen LogP contribution in [0.2, 0.25) is 15.1 Å². The molecule has 1 aliphatic carbocycles. The molecule has 0 saturated carbocycles. The van der Waals surface area contributed by atoms with Crippen molar-refractivity contribution in [1.29, 1.82) is 0 Å². The van der Waals surface area contributed by atoms with Gasteiger partial charge in [-0.05, 0) is 53.3 Å². The fourth-order valence-corrected chi connectivity index (χ4v) is 5.95. The van der Waals surface area contributed by atoms with Crippen LogP contribution in [0, 0.1) is 6.92 Å². The number of phenolic OH excluding ortho intramolecular Hbond substituents is 5. The number of ketones is 1. The number of rotatable bonds is 2. The van der Waals surface area contributed by atoms with Crippen LogP contribution in [0.25, 0.3) is 21.9 Å². The minimum atomic E-state index is -0.922. The molecule has 0 saturated heterocycles. The maximum Gasteiger partial charge on any atom is 0.201 e. The summed E-state index contributed by atoms with van der Waals surface area (Å²) < 4.78 is 5.28. The molecule has 0 fully saturated rings. The molecule has 4 aromatic rings. The highest BCUT2D eigenvalue weighted by Gasteiger charge is 2.42. The van der Waals surface area contributed by atoms with E-state index in [0.29, 0.717) is 16.5 Å². The van der Waals surface area contributed by atoms with E-state index in [4.69, 9.17) is 39.5 Å². The summed E-state index contributed by atoms with van der Waals surface area (Å²) in [7, 11) is 1.39. The Kier molecular flexibility index (Phi) is 5.84. The topological polar surface area (TPSA) is 127 Å². The van der Waals surface area contributed by atoms with Crippen LogP contribution in [0.3, 0.4) is 0 Å². The highest BCUT2D eigenvalue weighted by molar-refractivity contribution is 6.39. The standard InChI is InChI=1S/C28H21Cl3O7/c1-9-16(25(35)22(31)27(37)20(9)29)12-7-11(32)5-10-6-13-18(23(33)17(10)12)24(34)19-14(28(13,2)3)8-15(38-4)21(30)26(19)36/h5-8,32-33,35-37H,1-4H3. The van der Waals surface area contributed by atoms with E-state index in [2.05, 4.69) is 0 Å². The number of phenols is 5. The van der Waals surface area contributed by atoms with Gasteiger partial charge in [0.1, 0.15) is 38.8 Å². The molecule has 0 heterocycles. The smallest absolute Gasteiger partial charge is 0.201 e. The van der Waals surface area contributed by atoms with Gasteiger partial charge in [0.25, 0.3) is 0 Å². The Morgan fingerprint density at radius 2 is 1.32 bits per heavy atom. The fourth-order valence-electron chi connectivity index (χ4n) is 5.30. The number of ether oxygens (including phenoxy) is 1. The molecule has 5 rings (SSSR count). The lowest BCUT2D eigenvalue weighted by Crippen LogP contribution is -2.31. The average molecular weight is 576 g/mol. The summed E-state index contributed by atoms with van der Waals surface area (Å²) >= 11 is 18.6. The number of fused-ring (bicyclic) bond motifs is 3. The molecule has 0 bridgehead atoms. The molecular weight excluding hydrogens is 555 g/mol. The third kappa shape index (κ3) is 3.32. The summed E-state index contributed by atoms with van der Waals surface area (Å²) in [5.74, 6) is -2.64. The maximum atomic E-state index is 13.8. The molecule has 196 valence electrons.